The van der Waals surface area contributed by atoms with Gasteiger partial charge in [0.1, 0.15) is 0 Å². The van der Waals surface area contributed by atoms with E-state index in [2.05, 4.69) is 15.3 Å². The van der Waals surface area contributed by atoms with E-state index in [-0.39, 0.29) is 5.69 Å². The van der Waals surface area contributed by atoms with E-state index in [9.17, 15) is 10.1 Å². The Morgan fingerprint density at radius 3 is 2.67 bits per heavy atom. The van der Waals surface area contributed by atoms with Gasteiger partial charge in [0.2, 0.25) is 5.95 Å². The van der Waals surface area contributed by atoms with Crippen LogP contribution in [0.1, 0.15) is 5.56 Å². The molecule has 0 radical (unpaired) electrons. The molecule has 1 aromatic heterocycles. The van der Waals surface area contributed by atoms with E-state index in [0.717, 1.165) is 5.69 Å². The van der Waals surface area contributed by atoms with Gasteiger partial charge in [0.05, 0.1) is 27.6 Å². The minimum absolute atomic E-state index is 0.0103. The zero-order valence-corrected chi connectivity index (χ0v) is 10.7. The van der Waals surface area contributed by atoms with Gasteiger partial charge in [0, 0.05) is 17.8 Å². The molecule has 1 heterocycles. The molecule has 0 unspecified atom stereocenters. The van der Waals surface area contributed by atoms with Gasteiger partial charge in [0.25, 0.3) is 5.69 Å². The third-order valence-corrected chi connectivity index (χ3v) is 2.95. The summed E-state index contributed by atoms with van der Waals surface area (Å²) in [7, 11) is 0. The third kappa shape index (κ3) is 2.50. The van der Waals surface area contributed by atoms with Crippen molar-refractivity contribution in [2.24, 2.45) is 0 Å². The number of nitriles is 1. The fraction of sp³-hybridized carbons (Fsp3) is 0. The number of nitrogens with zero attached hydrogens (tertiary/aromatic N) is 3. The van der Waals surface area contributed by atoms with Gasteiger partial charge in [0.15, 0.2) is 0 Å². The van der Waals surface area contributed by atoms with E-state index in [1.54, 1.807) is 30.3 Å². The van der Waals surface area contributed by atoms with Crippen LogP contribution in [0.2, 0.25) is 0 Å². The second-order valence-corrected chi connectivity index (χ2v) is 4.36. The van der Waals surface area contributed by atoms with Crippen LogP contribution in [0.4, 0.5) is 17.3 Å². The molecule has 0 fully saturated rings. The normalized spacial score (nSPS) is 10.2. The summed E-state index contributed by atoms with van der Waals surface area (Å²) in [5.74, 6) is 0.482. The summed E-state index contributed by atoms with van der Waals surface area (Å²) in [4.78, 5) is 17.6. The SMILES string of the molecule is N#Cc1ccc(Nc2nc3ccc([N+](=O)[O-])cc3[nH]2)cc1. The van der Waals surface area contributed by atoms with Crippen LogP contribution in [0.25, 0.3) is 11.0 Å². The summed E-state index contributed by atoms with van der Waals surface area (Å²) < 4.78 is 0. The molecule has 3 rings (SSSR count). The number of benzene rings is 2. The molecule has 7 heteroatoms. The van der Waals surface area contributed by atoms with E-state index < -0.39 is 4.92 Å². The number of hydrogen-bond donors (Lipinski definition) is 2. The molecule has 2 N–H and O–H groups in total. The second-order valence-electron chi connectivity index (χ2n) is 4.36. The number of aromatic amines is 1. The van der Waals surface area contributed by atoms with Crippen molar-refractivity contribution in [3.63, 3.8) is 0 Å². The molecule has 7 nitrogen and oxygen atoms in total. The monoisotopic (exact) mass is 279 g/mol. The summed E-state index contributed by atoms with van der Waals surface area (Å²) in [5, 5.41) is 22.5. The highest BCUT2D eigenvalue weighted by molar-refractivity contribution is 5.80. The minimum Gasteiger partial charge on any atom is -0.326 e. The molecule has 0 aliphatic rings. The summed E-state index contributed by atoms with van der Waals surface area (Å²) in [6, 6.07) is 13.4. The Bertz CT molecular complexity index is 861. The molecule has 3 aromatic rings. The molecule has 0 aliphatic carbocycles. The maximum Gasteiger partial charge on any atom is 0.271 e. The fourth-order valence-corrected chi connectivity index (χ4v) is 1.94. The first kappa shape index (κ1) is 12.6. The third-order valence-electron chi connectivity index (χ3n) is 2.95. The smallest absolute Gasteiger partial charge is 0.271 e. The predicted octanol–water partition coefficient (Wildman–Crippen LogP) is 3.09. The van der Waals surface area contributed by atoms with Crippen molar-refractivity contribution in [1.29, 1.82) is 5.26 Å². The van der Waals surface area contributed by atoms with E-state index in [1.165, 1.54) is 12.1 Å². The van der Waals surface area contributed by atoms with Crippen molar-refractivity contribution in [1.82, 2.24) is 9.97 Å². The topological polar surface area (TPSA) is 108 Å². The summed E-state index contributed by atoms with van der Waals surface area (Å²) in [5.41, 5.74) is 2.57. The number of nitro benzene ring substituents is 1. The molecule has 0 saturated heterocycles. The number of anilines is 2. The molecule has 0 aliphatic heterocycles. The molecule has 2 aromatic carbocycles. The van der Waals surface area contributed by atoms with Crippen molar-refractivity contribution in [3.05, 3.63) is 58.1 Å². The molecule has 0 saturated carbocycles. The Morgan fingerprint density at radius 2 is 2.00 bits per heavy atom. The first-order chi connectivity index (χ1) is 10.2. The Hall–Kier alpha value is -3.40. The molecular formula is C14H9N5O2. The number of non-ortho nitro benzene ring substituents is 1. The van der Waals surface area contributed by atoms with Gasteiger partial charge in [-0.15, -0.1) is 0 Å². The number of hydrogen-bond acceptors (Lipinski definition) is 5. The van der Waals surface area contributed by atoms with Crippen LogP contribution in [-0.2, 0) is 0 Å². The summed E-state index contributed by atoms with van der Waals surface area (Å²) in [6.07, 6.45) is 0. The lowest BCUT2D eigenvalue weighted by atomic mass is 10.2. The van der Waals surface area contributed by atoms with Crippen LogP contribution in [-0.4, -0.2) is 14.9 Å². The molecule has 0 bridgehead atoms. The van der Waals surface area contributed by atoms with Crippen molar-refractivity contribution in [2.45, 2.75) is 0 Å². The summed E-state index contributed by atoms with van der Waals surface area (Å²) in [6.45, 7) is 0. The molecule has 21 heavy (non-hydrogen) atoms. The molecule has 102 valence electrons. The van der Waals surface area contributed by atoms with Crippen molar-refractivity contribution >= 4 is 28.4 Å². The van der Waals surface area contributed by atoms with Crippen molar-refractivity contribution < 1.29 is 4.92 Å². The Balaban J connectivity index is 1.90. The Labute approximate surface area is 119 Å². The van der Waals surface area contributed by atoms with Crippen molar-refractivity contribution in [3.8, 4) is 6.07 Å². The van der Waals surface area contributed by atoms with Crippen LogP contribution in [0, 0.1) is 21.4 Å². The van der Waals surface area contributed by atoms with Gasteiger partial charge in [-0.3, -0.25) is 10.1 Å². The zero-order valence-electron chi connectivity index (χ0n) is 10.7. The van der Waals surface area contributed by atoms with Crippen LogP contribution in [0.15, 0.2) is 42.5 Å². The van der Waals surface area contributed by atoms with Gasteiger partial charge in [-0.2, -0.15) is 5.26 Å². The Morgan fingerprint density at radius 1 is 1.24 bits per heavy atom. The average molecular weight is 279 g/mol. The van der Waals surface area contributed by atoms with E-state index >= 15 is 0 Å². The van der Waals surface area contributed by atoms with E-state index in [1.807, 2.05) is 6.07 Å². The standard InChI is InChI=1S/C14H9N5O2/c15-8-9-1-3-10(4-2-9)16-14-17-12-6-5-11(19(20)21)7-13(12)18-14/h1-7H,(H2,16,17,18). The van der Waals surface area contributed by atoms with Gasteiger partial charge in [-0.1, -0.05) is 0 Å². The maximum atomic E-state index is 10.7. The minimum atomic E-state index is -0.450. The van der Waals surface area contributed by atoms with E-state index in [4.69, 9.17) is 5.26 Å². The predicted molar refractivity (Wildman–Crippen MR) is 77.2 cm³/mol. The highest BCUT2D eigenvalue weighted by Gasteiger charge is 2.09. The Kier molecular flexibility index (Phi) is 2.97. The number of rotatable bonds is 3. The van der Waals surface area contributed by atoms with Crippen LogP contribution in [0.5, 0.6) is 0 Å². The number of nitrogens with one attached hydrogen (secondary N) is 2. The lowest BCUT2D eigenvalue weighted by Crippen LogP contribution is -1.91. The molecular weight excluding hydrogens is 270 g/mol. The maximum absolute atomic E-state index is 10.7. The average Bonchev–Trinajstić information content (AvgIpc) is 2.89. The number of nitro groups is 1. The number of aromatic nitrogens is 2. The zero-order chi connectivity index (χ0) is 14.8. The molecule has 0 atom stereocenters. The first-order valence-electron chi connectivity index (χ1n) is 6.07. The first-order valence-corrected chi connectivity index (χ1v) is 6.07. The number of fused-ring (bicyclic) bond motifs is 1. The largest absolute Gasteiger partial charge is 0.326 e. The molecule has 0 spiro atoms. The fourth-order valence-electron chi connectivity index (χ4n) is 1.94. The molecule has 0 amide bonds. The highest BCUT2D eigenvalue weighted by atomic mass is 16.6. The highest BCUT2D eigenvalue weighted by Crippen LogP contribution is 2.22. The van der Waals surface area contributed by atoms with Gasteiger partial charge >= 0.3 is 0 Å². The van der Waals surface area contributed by atoms with Crippen LogP contribution in [0.3, 0.4) is 0 Å². The lowest BCUT2D eigenvalue weighted by molar-refractivity contribution is -0.384. The lowest BCUT2D eigenvalue weighted by Gasteiger charge is -2.01. The van der Waals surface area contributed by atoms with Crippen LogP contribution < -0.4 is 5.32 Å². The van der Waals surface area contributed by atoms with Gasteiger partial charge < -0.3 is 10.3 Å². The van der Waals surface area contributed by atoms with Gasteiger partial charge in [-0.05, 0) is 30.3 Å². The van der Waals surface area contributed by atoms with Crippen molar-refractivity contribution in [2.75, 3.05) is 5.32 Å². The summed E-state index contributed by atoms with van der Waals surface area (Å²) >= 11 is 0. The number of imidazole rings is 1. The van der Waals surface area contributed by atoms with E-state index in [0.29, 0.717) is 22.5 Å². The van der Waals surface area contributed by atoms with Gasteiger partial charge in [-0.25, -0.2) is 4.98 Å². The quantitative estimate of drug-likeness (QED) is 0.565. The van der Waals surface area contributed by atoms with Crippen LogP contribution >= 0.6 is 0 Å². The number of H-pyrrole nitrogens is 1. The second kappa shape index (κ2) is 4.94.